The van der Waals surface area contributed by atoms with E-state index in [4.69, 9.17) is 4.74 Å². The Hall–Kier alpha value is -0.790. The first-order valence-electron chi connectivity index (χ1n) is 5.24. The summed E-state index contributed by atoms with van der Waals surface area (Å²) in [6.45, 7) is 10.4. The number of carbonyl (C=O) groups is 1. The molecule has 0 aromatic rings. The molecule has 80 valence electrons. The van der Waals surface area contributed by atoms with Crippen molar-refractivity contribution in [2.75, 3.05) is 6.61 Å². The molecule has 2 atom stereocenters. The van der Waals surface area contributed by atoms with Crippen molar-refractivity contribution in [3.8, 4) is 0 Å². The van der Waals surface area contributed by atoms with Gasteiger partial charge in [-0.15, -0.1) is 0 Å². The lowest BCUT2D eigenvalue weighted by Gasteiger charge is -2.48. The lowest BCUT2D eigenvalue weighted by atomic mass is 9.57. The molecule has 1 aliphatic carbocycles. The van der Waals surface area contributed by atoms with E-state index >= 15 is 0 Å². The zero-order valence-electron chi connectivity index (χ0n) is 9.43. The van der Waals surface area contributed by atoms with Crippen LogP contribution in [-0.2, 0) is 9.53 Å². The van der Waals surface area contributed by atoms with Gasteiger partial charge in [-0.05, 0) is 37.5 Å². The molecule has 0 aromatic carbocycles. The molecular formula is C12H20O2. The second kappa shape index (κ2) is 4.16. The number of hydrogen-bond acceptors (Lipinski definition) is 2. The zero-order valence-corrected chi connectivity index (χ0v) is 9.43. The first kappa shape index (κ1) is 11.3. The molecule has 0 saturated heterocycles. The standard InChI is InChI=1S/C12H20O2/c1-9(2)11-5-6-12(11,4)7-8-14-10(3)13/h11H,1,5-8H2,2-4H3/t11-,12-/m1/s1. The fourth-order valence-corrected chi connectivity index (χ4v) is 2.35. The van der Waals surface area contributed by atoms with E-state index < -0.39 is 0 Å². The smallest absolute Gasteiger partial charge is 0.302 e. The van der Waals surface area contributed by atoms with Gasteiger partial charge in [-0.2, -0.15) is 0 Å². The summed E-state index contributed by atoms with van der Waals surface area (Å²) in [5, 5.41) is 0. The summed E-state index contributed by atoms with van der Waals surface area (Å²) >= 11 is 0. The molecule has 14 heavy (non-hydrogen) atoms. The van der Waals surface area contributed by atoms with Crippen LogP contribution < -0.4 is 0 Å². The third-order valence-corrected chi connectivity index (χ3v) is 3.42. The van der Waals surface area contributed by atoms with Gasteiger partial charge in [-0.1, -0.05) is 19.1 Å². The van der Waals surface area contributed by atoms with Crippen LogP contribution in [-0.4, -0.2) is 12.6 Å². The summed E-state index contributed by atoms with van der Waals surface area (Å²) < 4.78 is 4.97. The summed E-state index contributed by atoms with van der Waals surface area (Å²) in [4.78, 5) is 10.6. The summed E-state index contributed by atoms with van der Waals surface area (Å²) in [5.74, 6) is 0.442. The van der Waals surface area contributed by atoms with Crippen molar-refractivity contribution in [2.45, 2.75) is 40.0 Å². The Morgan fingerprint density at radius 3 is 2.57 bits per heavy atom. The van der Waals surface area contributed by atoms with Gasteiger partial charge in [0, 0.05) is 6.92 Å². The molecule has 0 unspecified atom stereocenters. The van der Waals surface area contributed by atoms with Crippen molar-refractivity contribution in [1.29, 1.82) is 0 Å². The van der Waals surface area contributed by atoms with Crippen LogP contribution in [0.5, 0.6) is 0 Å². The Kier molecular flexibility index (Phi) is 3.35. The molecule has 1 aliphatic rings. The van der Waals surface area contributed by atoms with Gasteiger partial charge in [0.1, 0.15) is 0 Å². The van der Waals surface area contributed by atoms with Gasteiger partial charge in [-0.25, -0.2) is 0 Å². The Labute approximate surface area is 86.3 Å². The highest BCUT2D eigenvalue weighted by Crippen LogP contribution is 2.51. The second-order valence-corrected chi connectivity index (χ2v) is 4.68. The monoisotopic (exact) mass is 196 g/mol. The molecule has 0 heterocycles. The minimum atomic E-state index is -0.181. The van der Waals surface area contributed by atoms with Crippen molar-refractivity contribution >= 4 is 5.97 Å². The average Bonchev–Trinajstić information content (AvgIpc) is 2.00. The highest BCUT2D eigenvalue weighted by Gasteiger charge is 2.42. The summed E-state index contributed by atoms with van der Waals surface area (Å²) in [5.41, 5.74) is 1.59. The molecule has 0 N–H and O–H groups in total. The molecule has 2 nitrogen and oxygen atoms in total. The highest BCUT2D eigenvalue weighted by atomic mass is 16.5. The first-order chi connectivity index (χ1) is 6.46. The van der Waals surface area contributed by atoms with Crippen LogP contribution in [0.25, 0.3) is 0 Å². The second-order valence-electron chi connectivity index (χ2n) is 4.68. The van der Waals surface area contributed by atoms with Gasteiger partial charge in [0.05, 0.1) is 6.61 Å². The van der Waals surface area contributed by atoms with E-state index in [0.29, 0.717) is 17.9 Å². The van der Waals surface area contributed by atoms with Crippen LogP contribution in [0.1, 0.15) is 40.0 Å². The number of rotatable bonds is 4. The van der Waals surface area contributed by atoms with Crippen molar-refractivity contribution in [2.24, 2.45) is 11.3 Å². The van der Waals surface area contributed by atoms with Crippen LogP contribution in [0, 0.1) is 11.3 Å². The maximum absolute atomic E-state index is 10.6. The summed E-state index contributed by atoms with van der Waals surface area (Å²) in [6.07, 6.45) is 3.43. The van der Waals surface area contributed by atoms with Crippen molar-refractivity contribution in [3.05, 3.63) is 12.2 Å². The minimum absolute atomic E-state index is 0.181. The van der Waals surface area contributed by atoms with E-state index in [1.807, 2.05) is 0 Å². The van der Waals surface area contributed by atoms with Crippen molar-refractivity contribution < 1.29 is 9.53 Å². The third kappa shape index (κ3) is 2.37. The molecule has 2 heteroatoms. The van der Waals surface area contributed by atoms with Crippen LogP contribution in [0.15, 0.2) is 12.2 Å². The lowest BCUT2D eigenvalue weighted by Crippen LogP contribution is -2.39. The number of allylic oxidation sites excluding steroid dienone is 1. The molecule has 0 radical (unpaired) electrons. The van der Waals surface area contributed by atoms with Gasteiger partial charge in [-0.3, -0.25) is 4.79 Å². The molecule has 1 saturated carbocycles. The number of carbonyl (C=O) groups excluding carboxylic acids is 1. The predicted octanol–water partition coefficient (Wildman–Crippen LogP) is 2.93. The molecule has 0 bridgehead atoms. The Morgan fingerprint density at radius 1 is 1.57 bits per heavy atom. The van der Waals surface area contributed by atoms with Crippen LogP contribution in [0.3, 0.4) is 0 Å². The maximum Gasteiger partial charge on any atom is 0.302 e. The van der Waals surface area contributed by atoms with E-state index in [9.17, 15) is 4.79 Å². The van der Waals surface area contributed by atoms with Crippen molar-refractivity contribution in [3.63, 3.8) is 0 Å². The molecule has 1 fully saturated rings. The van der Waals surface area contributed by atoms with E-state index in [2.05, 4.69) is 20.4 Å². The third-order valence-electron chi connectivity index (χ3n) is 3.42. The largest absolute Gasteiger partial charge is 0.466 e. The fraction of sp³-hybridized carbons (Fsp3) is 0.750. The molecule has 1 rings (SSSR count). The summed E-state index contributed by atoms with van der Waals surface area (Å²) in [7, 11) is 0. The first-order valence-corrected chi connectivity index (χ1v) is 5.24. The fourth-order valence-electron chi connectivity index (χ4n) is 2.35. The van der Waals surface area contributed by atoms with E-state index in [-0.39, 0.29) is 5.97 Å². The lowest BCUT2D eigenvalue weighted by molar-refractivity contribution is -0.142. The van der Waals surface area contributed by atoms with E-state index in [1.54, 1.807) is 0 Å². The SMILES string of the molecule is C=C(C)[C@H]1CC[C@]1(C)CCOC(C)=O. The van der Waals surface area contributed by atoms with Gasteiger partial charge >= 0.3 is 5.97 Å². The topological polar surface area (TPSA) is 26.3 Å². The van der Waals surface area contributed by atoms with Gasteiger partial charge in [0.25, 0.3) is 0 Å². The Morgan fingerprint density at radius 2 is 2.21 bits per heavy atom. The van der Waals surface area contributed by atoms with Crippen LogP contribution in [0.4, 0.5) is 0 Å². The number of hydrogen-bond donors (Lipinski definition) is 0. The van der Waals surface area contributed by atoms with Crippen LogP contribution >= 0.6 is 0 Å². The van der Waals surface area contributed by atoms with Crippen LogP contribution in [0.2, 0.25) is 0 Å². The van der Waals surface area contributed by atoms with Gasteiger partial charge < -0.3 is 4.74 Å². The van der Waals surface area contributed by atoms with Gasteiger partial charge in [0.15, 0.2) is 0 Å². The normalized spacial score (nSPS) is 30.6. The predicted molar refractivity (Wildman–Crippen MR) is 56.9 cm³/mol. The molecule has 0 aromatic heterocycles. The molecule has 0 amide bonds. The Balaban J connectivity index is 2.35. The highest BCUT2D eigenvalue weighted by molar-refractivity contribution is 5.65. The zero-order chi connectivity index (χ0) is 10.8. The number of ether oxygens (including phenoxy) is 1. The summed E-state index contributed by atoms with van der Waals surface area (Å²) in [6, 6.07) is 0. The van der Waals surface area contributed by atoms with Crippen molar-refractivity contribution in [1.82, 2.24) is 0 Å². The van der Waals surface area contributed by atoms with E-state index in [1.165, 1.54) is 25.3 Å². The van der Waals surface area contributed by atoms with E-state index in [0.717, 1.165) is 6.42 Å². The Bertz CT molecular complexity index is 245. The maximum atomic E-state index is 10.6. The molecule has 0 aliphatic heterocycles. The van der Waals surface area contributed by atoms with Gasteiger partial charge in [0.2, 0.25) is 0 Å². The number of esters is 1. The minimum Gasteiger partial charge on any atom is -0.466 e. The molecular weight excluding hydrogens is 176 g/mol. The average molecular weight is 196 g/mol. The quantitative estimate of drug-likeness (QED) is 0.510. The molecule has 0 spiro atoms.